The third-order valence-corrected chi connectivity index (χ3v) is 3.55. The number of phenols is 1. The Morgan fingerprint density at radius 3 is 2.57 bits per heavy atom. The van der Waals surface area contributed by atoms with Crippen LogP contribution in [0.4, 0.5) is 4.39 Å². The quantitative estimate of drug-likeness (QED) is 0.778. The molecule has 0 saturated carbocycles. The molecule has 0 aliphatic heterocycles. The van der Waals surface area contributed by atoms with Crippen molar-refractivity contribution in [1.29, 1.82) is 0 Å². The lowest BCUT2D eigenvalue weighted by atomic mass is 10.0. The van der Waals surface area contributed by atoms with Gasteiger partial charge in [-0.25, -0.2) is 4.39 Å². The van der Waals surface area contributed by atoms with E-state index in [9.17, 15) is 14.3 Å². The summed E-state index contributed by atoms with van der Waals surface area (Å²) in [5, 5.41) is 12.9. The van der Waals surface area contributed by atoms with Gasteiger partial charge in [0, 0.05) is 24.1 Å². The fourth-order valence-corrected chi connectivity index (χ4v) is 2.43. The van der Waals surface area contributed by atoms with Crippen LogP contribution in [-0.2, 0) is 0 Å². The Hall–Kier alpha value is -3.02. The van der Waals surface area contributed by atoms with Gasteiger partial charge in [0.2, 0.25) is 0 Å². The summed E-state index contributed by atoms with van der Waals surface area (Å²) in [6, 6.07) is 8.54. The Kier molecular flexibility index (Phi) is 3.65. The molecule has 3 aromatic rings. The van der Waals surface area contributed by atoms with Gasteiger partial charge in [-0.05, 0) is 30.3 Å². The van der Waals surface area contributed by atoms with Crippen molar-refractivity contribution < 1.29 is 23.4 Å². The number of carbonyl (C=O) groups excluding carboxylic acids is 1. The highest BCUT2D eigenvalue weighted by Gasteiger charge is 2.23. The standard InChI is InChI=1S/C17H14FNO4/c1-19-17(21)15-11-7-12(20)14(22-2)8-13(11)23-16(15)9-3-5-10(18)6-4-9/h3-8,20H,1-2H3,(H,19,21). The normalized spacial score (nSPS) is 10.7. The van der Waals surface area contributed by atoms with Crippen molar-refractivity contribution in [1.82, 2.24) is 5.32 Å². The fourth-order valence-electron chi connectivity index (χ4n) is 2.43. The summed E-state index contributed by atoms with van der Waals surface area (Å²) in [6.45, 7) is 0. The number of carbonyl (C=O) groups is 1. The molecule has 0 spiro atoms. The van der Waals surface area contributed by atoms with Crippen LogP contribution in [0.25, 0.3) is 22.3 Å². The number of phenolic OH excluding ortho intramolecular Hbond substituents is 1. The number of furan rings is 1. The third-order valence-electron chi connectivity index (χ3n) is 3.55. The van der Waals surface area contributed by atoms with Gasteiger partial charge in [-0.3, -0.25) is 4.79 Å². The van der Waals surface area contributed by atoms with Gasteiger partial charge in [0.05, 0.1) is 12.7 Å². The van der Waals surface area contributed by atoms with E-state index in [0.29, 0.717) is 22.3 Å². The van der Waals surface area contributed by atoms with Gasteiger partial charge < -0.3 is 19.6 Å². The van der Waals surface area contributed by atoms with E-state index in [4.69, 9.17) is 9.15 Å². The first kappa shape index (κ1) is 14.9. The molecular weight excluding hydrogens is 301 g/mol. The van der Waals surface area contributed by atoms with E-state index in [0.717, 1.165) is 0 Å². The van der Waals surface area contributed by atoms with Crippen LogP contribution in [0.2, 0.25) is 0 Å². The number of hydrogen-bond donors (Lipinski definition) is 2. The van der Waals surface area contributed by atoms with E-state index in [2.05, 4.69) is 5.32 Å². The number of nitrogens with one attached hydrogen (secondary N) is 1. The molecule has 23 heavy (non-hydrogen) atoms. The largest absolute Gasteiger partial charge is 0.504 e. The first-order valence-electron chi connectivity index (χ1n) is 6.86. The molecule has 0 bridgehead atoms. The number of hydrogen-bond acceptors (Lipinski definition) is 4. The minimum absolute atomic E-state index is 0.100. The van der Waals surface area contributed by atoms with Gasteiger partial charge in [-0.1, -0.05) is 0 Å². The van der Waals surface area contributed by atoms with Crippen LogP contribution in [0.3, 0.4) is 0 Å². The van der Waals surface area contributed by atoms with Crippen molar-refractivity contribution in [3.63, 3.8) is 0 Å². The molecule has 0 saturated heterocycles. The Morgan fingerprint density at radius 1 is 1.26 bits per heavy atom. The zero-order chi connectivity index (χ0) is 16.6. The Morgan fingerprint density at radius 2 is 1.96 bits per heavy atom. The number of methoxy groups -OCH3 is 1. The summed E-state index contributed by atoms with van der Waals surface area (Å²) in [7, 11) is 2.92. The maximum absolute atomic E-state index is 13.1. The van der Waals surface area contributed by atoms with Crippen LogP contribution >= 0.6 is 0 Å². The Labute approximate surface area is 131 Å². The van der Waals surface area contributed by atoms with Gasteiger partial charge in [0.1, 0.15) is 17.2 Å². The minimum atomic E-state index is -0.384. The Bertz CT molecular complexity index is 884. The second-order valence-corrected chi connectivity index (χ2v) is 4.91. The summed E-state index contributed by atoms with van der Waals surface area (Å²) < 4.78 is 23.9. The first-order chi connectivity index (χ1) is 11.0. The smallest absolute Gasteiger partial charge is 0.255 e. The molecular formula is C17H14FNO4. The topological polar surface area (TPSA) is 71.7 Å². The second kappa shape index (κ2) is 5.64. The van der Waals surface area contributed by atoms with Crippen LogP contribution in [0.1, 0.15) is 10.4 Å². The molecule has 6 heteroatoms. The SMILES string of the molecule is CNC(=O)c1c(-c2ccc(F)cc2)oc2cc(OC)c(O)cc12. The molecule has 1 aromatic heterocycles. The maximum atomic E-state index is 13.1. The molecule has 0 fully saturated rings. The number of amides is 1. The van der Waals surface area contributed by atoms with Crippen LogP contribution in [0.15, 0.2) is 40.8 Å². The van der Waals surface area contributed by atoms with Gasteiger partial charge in [-0.15, -0.1) is 0 Å². The molecule has 118 valence electrons. The van der Waals surface area contributed by atoms with Crippen LogP contribution in [-0.4, -0.2) is 25.2 Å². The molecule has 0 radical (unpaired) electrons. The second-order valence-electron chi connectivity index (χ2n) is 4.91. The number of ether oxygens (including phenoxy) is 1. The summed E-state index contributed by atoms with van der Waals surface area (Å²) in [6.07, 6.45) is 0. The number of benzene rings is 2. The summed E-state index contributed by atoms with van der Waals surface area (Å²) >= 11 is 0. The van der Waals surface area contributed by atoms with Gasteiger partial charge in [0.15, 0.2) is 11.5 Å². The van der Waals surface area contributed by atoms with Crippen molar-refractivity contribution >= 4 is 16.9 Å². The molecule has 1 amide bonds. The van der Waals surface area contributed by atoms with Crippen LogP contribution in [0, 0.1) is 5.82 Å². The first-order valence-corrected chi connectivity index (χ1v) is 6.86. The predicted molar refractivity (Wildman–Crippen MR) is 83.2 cm³/mol. The summed E-state index contributed by atoms with van der Waals surface area (Å²) in [5.41, 5.74) is 1.21. The van der Waals surface area contributed by atoms with E-state index < -0.39 is 0 Å². The van der Waals surface area contributed by atoms with E-state index in [1.165, 1.54) is 50.6 Å². The molecule has 2 N–H and O–H groups in total. The van der Waals surface area contributed by atoms with Crippen molar-refractivity contribution in [2.24, 2.45) is 0 Å². The average molecular weight is 315 g/mol. The molecule has 2 aromatic carbocycles. The molecule has 1 heterocycles. The van der Waals surface area contributed by atoms with Crippen molar-refractivity contribution in [2.45, 2.75) is 0 Å². The Balaban J connectivity index is 2.31. The van der Waals surface area contributed by atoms with E-state index in [-0.39, 0.29) is 28.8 Å². The molecule has 0 atom stereocenters. The average Bonchev–Trinajstić information content (AvgIpc) is 2.92. The molecule has 3 rings (SSSR count). The zero-order valence-electron chi connectivity index (χ0n) is 12.5. The highest BCUT2D eigenvalue weighted by Crippen LogP contribution is 2.39. The maximum Gasteiger partial charge on any atom is 0.255 e. The fraction of sp³-hybridized carbons (Fsp3) is 0.118. The van der Waals surface area contributed by atoms with Crippen LogP contribution < -0.4 is 10.1 Å². The van der Waals surface area contributed by atoms with Gasteiger partial charge in [0.25, 0.3) is 5.91 Å². The lowest BCUT2D eigenvalue weighted by Gasteiger charge is -2.03. The summed E-state index contributed by atoms with van der Waals surface area (Å²) in [4.78, 5) is 12.3. The highest BCUT2D eigenvalue weighted by atomic mass is 19.1. The van der Waals surface area contributed by atoms with Crippen molar-refractivity contribution in [3.8, 4) is 22.8 Å². The van der Waals surface area contributed by atoms with Crippen molar-refractivity contribution in [3.05, 3.63) is 47.8 Å². The molecule has 5 nitrogen and oxygen atoms in total. The number of halogens is 1. The van der Waals surface area contributed by atoms with Gasteiger partial charge >= 0.3 is 0 Å². The summed E-state index contributed by atoms with van der Waals surface area (Å²) in [5.74, 6) is -0.317. The minimum Gasteiger partial charge on any atom is -0.504 e. The lowest BCUT2D eigenvalue weighted by molar-refractivity contribution is 0.0964. The molecule has 0 aliphatic carbocycles. The lowest BCUT2D eigenvalue weighted by Crippen LogP contribution is -2.18. The van der Waals surface area contributed by atoms with Crippen molar-refractivity contribution in [2.75, 3.05) is 14.2 Å². The van der Waals surface area contributed by atoms with E-state index in [1.54, 1.807) is 0 Å². The zero-order valence-corrected chi connectivity index (χ0v) is 12.5. The predicted octanol–water partition coefficient (Wildman–Crippen LogP) is 3.31. The van der Waals surface area contributed by atoms with E-state index >= 15 is 0 Å². The molecule has 0 aliphatic rings. The van der Waals surface area contributed by atoms with E-state index in [1.807, 2.05) is 0 Å². The number of aromatic hydroxyl groups is 1. The monoisotopic (exact) mass is 315 g/mol. The number of rotatable bonds is 3. The van der Waals surface area contributed by atoms with Crippen LogP contribution in [0.5, 0.6) is 11.5 Å². The number of fused-ring (bicyclic) bond motifs is 1. The highest BCUT2D eigenvalue weighted by molar-refractivity contribution is 6.11. The molecule has 0 unspecified atom stereocenters. The third kappa shape index (κ3) is 2.48. The van der Waals surface area contributed by atoms with Gasteiger partial charge in [-0.2, -0.15) is 0 Å².